The molecule has 2 rings (SSSR count). The van der Waals surface area contributed by atoms with Gasteiger partial charge in [0, 0.05) is 11.6 Å². The van der Waals surface area contributed by atoms with Gasteiger partial charge in [-0.1, -0.05) is 72.4 Å². The molecule has 0 bridgehead atoms. The van der Waals surface area contributed by atoms with Crippen LogP contribution in [0.1, 0.15) is 97.2 Å². The molecule has 1 saturated carbocycles. The minimum absolute atomic E-state index is 0.0644. The van der Waals surface area contributed by atoms with E-state index in [1.54, 1.807) is 0 Å². The third kappa shape index (κ3) is 10.9. The van der Waals surface area contributed by atoms with Crippen LogP contribution in [0.2, 0.25) is 0 Å². The van der Waals surface area contributed by atoms with E-state index in [-0.39, 0.29) is 28.3 Å². The maximum atomic E-state index is 12.8. The number of nitrogens with one attached hydrogen (secondary N) is 2. The van der Waals surface area contributed by atoms with Gasteiger partial charge in [0.15, 0.2) is 0 Å². The van der Waals surface area contributed by atoms with Gasteiger partial charge in [0.1, 0.15) is 11.4 Å². The normalized spacial score (nSPS) is 21.6. The van der Waals surface area contributed by atoms with E-state index >= 15 is 0 Å². The van der Waals surface area contributed by atoms with Crippen LogP contribution in [0.5, 0.6) is 0 Å². The third-order valence-corrected chi connectivity index (χ3v) is 7.93. The van der Waals surface area contributed by atoms with Crippen molar-refractivity contribution in [3.8, 4) is 0 Å². The summed E-state index contributed by atoms with van der Waals surface area (Å²) in [6, 6.07) is 8.30. The first kappa shape index (κ1) is 34.6. The Morgan fingerprint density at radius 2 is 1.71 bits per heavy atom. The molecule has 0 aromatic heterocycles. The highest BCUT2D eigenvalue weighted by Gasteiger charge is 2.41. The Labute approximate surface area is 243 Å². The molecule has 9 heteroatoms. The van der Waals surface area contributed by atoms with Gasteiger partial charge in [-0.05, 0) is 96.7 Å². The molecule has 0 saturated heterocycles. The van der Waals surface area contributed by atoms with Crippen molar-refractivity contribution < 1.29 is 13.2 Å². The summed E-state index contributed by atoms with van der Waals surface area (Å²) in [5, 5.41) is 14.1. The first-order valence-electron chi connectivity index (χ1n) is 14.4. The number of nitrogens with zero attached hydrogens (tertiary/aromatic N) is 2. The summed E-state index contributed by atoms with van der Waals surface area (Å²) in [6.45, 7) is 17.6. The van der Waals surface area contributed by atoms with E-state index in [1.165, 1.54) is 0 Å². The monoisotopic (exact) mass is 575 g/mol. The summed E-state index contributed by atoms with van der Waals surface area (Å²) in [5.41, 5.74) is 5.74. The summed E-state index contributed by atoms with van der Waals surface area (Å²) < 4.78 is 38.5. The lowest BCUT2D eigenvalue weighted by Crippen LogP contribution is -2.49. The van der Waals surface area contributed by atoms with E-state index in [2.05, 4.69) is 82.9 Å². The van der Waals surface area contributed by atoms with E-state index in [0.717, 1.165) is 49.3 Å². The molecular formula is C32H48F3N5O. The Bertz CT molecular complexity index is 1100. The van der Waals surface area contributed by atoms with Crippen molar-refractivity contribution in [1.82, 2.24) is 5.32 Å². The zero-order chi connectivity index (χ0) is 31.1. The molecule has 0 heterocycles. The van der Waals surface area contributed by atoms with E-state index in [1.807, 2.05) is 0 Å². The predicted octanol–water partition coefficient (Wildman–Crippen LogP) is 8.44. The number of allylic oxidation sites excluding steroid dienone is 1. The fraction of sp³-hybridized carbons (Fsp3) is 0.625. The van der Waals surface area contributed by atoms with Crippen molar-refractivity contribution >= 4 is 11.5 Å². The van der Waals surface area contributed by atoms with Crippen molar-refractivity contribution in [3.63, 3.8) is 0 Å². The largest absolute Gasteiger partial charge is 0.432 e. The molecule has 1 atom stereocenters. The number of halogens is 3. The van der Waals surface area contributed by atoms with Gasteiger partial charge in [0.25, 0.3) is 0 Å². The summed E-state index contributed by atoms with van der Waals surface area (Å²) in [6.07, 6.45) is 2.34. The highest BCUT2D eigenvalue weighted by Crippen LogP contribution is 2.44. The lowest BCUT2D eigenvalue weighted by atomic mass is 9.69. The number of aliphatic imine (C=N–C) groups is 1. The predicted molar refractivity (Wildman–Crippen MR) is 163 cm³/mol. The van der Waals surface area contributed by atoms with Gasteiger partial charge in [0.05, 0.1) is 0 Å². The fourth-order valence-electron chi connectivity index (χ4n) is 5.26. The molecule has 0 spiro atoms. The number of hydrogen-bond donors (Lipinski definition) is 3. The van der Waals surface area contributed by atoms with Gasteiger partial charge in [-0.3, -0.25) is 10.7 Å². The highest BCUT2D eigenvalue weighted by atomic mass is 19.4. The fourth-order valence-corrected chi connectivity index (χ4v) is 5.26. The average Bonchev–Trinajstić information content (AvgIpc) is 2.87. The minimum atomic E-state index is -4.79. The van der Waals surface area contributed by atoms with Crippen LogP contribution in [-0.2, 0) is 6.42 Å². The number of hydrogen-bond acceptors (Lipinski definition) is 5. The van der Waals surface area contributed by atoms with Crippen molar-refractivity contribution in [2.75, 3.05) is 6.54 Å². The zero-order valence-corrected chi connectivity index (χ0v) is 25.5. The van der Waals surface area contributed by atoms with E-state index in [4.69, 9.17) is 16.1 Å². The summed E-state index contributed by atoms with van der Waals surface area (Å²) in [7, 11) is 0. The second-order valence-corrected chi connectivity index (χ2v) is 13.5. The lowest BCUT2D eigenvalue weighted by Gasteiger charge is -2.44. The Morgan fingerprint density at radius 1 is 1.12 bits per heavy atom. The van der Waals surface area contributed by atoms with E-state index < -0.39 is 17.6 Å². The zero-order valence-electron chi connectivity index (χ0n) is 25.5. The summed E-state index contributed by atoms with van der Waals surface area (Å²) >= 11 is 0. The SMILES string of the molecule is C=C(/C=C\C(=N)C(F)(F)F)/C(N=O)=N/C1(NC(CCC(C)(C)C)c2ccc(CCN)cc2)CCC(C(C)(C)C)CC1. The first-order chi connectivity index (χ1) is 18.9. The summed E-state index contributed by atoms with van der Waals surface area (Å²) in [4.78, 5) is 16.8. The van der Waals surface area contributed by atoms with Gasteiger partial charge in [-0.2, -0.15) is 13.2 Å². The standard InChI is InChI=1S/C32H48F3N5O/c1-22(8-13-27(37)32(33,34)35)28(40-41)39-31(19-14-25(15-20-31)30(5,6)7)38-26(16-18-29(2,3)4)24-11-9-23(10-12-24)17-21-36/h8-13,25-26,37-38H,1,14-21,36H2,2-7H3/b13-8-,37-27?,39-28-. The molecule has 1 aliphatic carbocycles. The molecule has 4 N–H and O–H groups in total. The molecule has 228 valence electrons. The van der Waals surface area contributed by atoms with Crippen LogP contribution in [0.3, 0.4) is 0 Å². The number of amidine groups is 1. The first-order valence-corrected chi connectivity index (χ1v) is 14.4. The van der Waals surface area contributed by atoms with Crippen LogP contribution < -0.4 is 11.1 Å². The Kier molecular flexibility index (Phi) is 11.8. The summed E-state index contributed by atoms with van der Waals surface area (Å²) in [5.74, 6) is 0.199. The van der Waals surface area contributed by atoms with Crippen LogP contribution in [0.25, 0.3) is 0 Å². The molecule has 1 aliphatic rings. The van der Waals surface area contributed by atoms with Gasteiger partial charge in [0.2, 0.25) is 5.84 Å². The van der Waals surface area contributed by atoms with Crippen LogP contribution in [0, 0.1) is 27.1 Å². The number of benzene rings is 1. The van der Waals surface area contributed by atoms with Crippen molar-refractivity contribution in [3.05, 3.63) is 64.6 Å². The van der Waals surface area contributed by atoms with Gasteiger partial charge >= 0.3 is 6.18 Å². The maximum Gasteiger partial charge on any atom is 0.432 e. The Balaban J connectivity index is 2.51. The molecule has 41 heavy (non-hydrogen) atoms. The second-order valence-electron chi connectivity index (χ2n) is 13.5. The van der Waals surface area contributed by atoms with Crippen LogP contribution in [0.4, 0.5) is 13.2 Å². The smallest absolute Gasteiger partial charge is 0.330 e. The topological polar surface area (TPSA) is 104 Å². The van der Waals surface area contributed by atoms with E-state index in [0.29, 0.717) is 31.4 Å². The molecule has 1 unspecified atom stereocenters. The third-order valence-electron chi connectivity index (χ3n) is 7.93. The quantitative estimate of drug-likeness (QED) is 0.107. The Hall–Kier alpha value is -2.65. The molecule has 1 aromatic rings. The van der Waals surface area contributed by atoms with Crippen LogP contribution in [0.15, 0.2) is 58.7 Å². The van der Waals surface area contributed by atoms with Crippen molar-refractivity contribution in [2.45, 2.75) is 104 Å². The minimum Gasteiger partial charge on any atom is -0.330 e. The van der Waals surface area contributed by atoms with Crippen LogP contribution in [-0.4, -0.2) is 29.9 Å². The molecule has 1 fully saturated rings. The molecule has 6 nitrogen and oxygen atoms in total. The number of rotatable bonds is 11. The Morgan fingerprint density at radius 3 is 2.17 bits per heavy atom. The molecule has 0 radical (unpaired) electrons. The number of nitrogens with two attached hydrogens (primary N) is 1. The van der Waals surface area contributed by atoms with Crippen molar-refractivity contribution in [1.29, 1.82) is 5.41 Å². The number of alkyl halides is 3. The van der Waals surface area contributed by atoms with Gasteiger partial charge in [-0.15, -0.1) is 4.91 Å². The average molecular weight is 576 g/mol. The molecule has 1 aromatic carbocycles. The molecule has 0 aliphatic heterocycles. The van der Waals surface area contributed by atoms with Crippen LogP contribution >= 0.6 is 0 Å². The van der Waals surface area contributed by atoms with Gasteiger partial charge in [-0.25, -0.2) is 4.99 Å². The van der Waals surface area contributed by atoms with Gasteiger partial charge < -0.3 is 5.73 Å². The second kappa shape index (κ2) is 14.0. The maximum absolute atomic E-state index is 12.8. The van der Waals surface area contributed by atoms with Crippen molar-refractivity contribution in [2.24, 2.45) is 32.7 Å². The number of nitroso groups, excluding NO2 is 1. The molecule has 0 amide bonds. The van der Waals surface area contributed by atoms with E-state index in [9.17, 15) is 18.1 Å². The molecular weight excluding hydrogens is 527 g/mol. The lowest BCUT2D eigenvalue weighted by molar-refractivity contribution is -0.0584. The highest BCUT2D eigenvalue weighted by molar-refractivity contribution is 6.04.